The third kappa shape index (κ3) is 60.0. The van der Waals surface area contributed by atoms with Gasteiger partial charge in [-0.2, -0.15) is 0 Å². The van der Waals surface area contributed by atoms with Gasteiger partial charge in [0.2, 0.25) is 23.6 Å². The fraction of sp³-hybridized carbons (Fsp3) is 0.925. The molecule has 480 valence electrons. The van der Waals surface area contributed by atoms with Crippen molar-refractivity contribution in [2.45, 2.75) is 51.4 Å². The quantitative estimate of drug-likeness (QED) is 0.0296. The minimum Gasteiger partial charge on any atom is -0.379 e. The molecule has 0 saturated heterocycles. The second-order valence-electron chi connectivity index (χ2n) is 18.0. The summed E-state index contributed by atoms with van der Waals surface area (Å²) < 4.78 is 90.7. The number of amides is 4. The SMILES string of the molecule is NCCOCCOCCC(=O)NCCCOCCOCC(COCCOCCCNC(=O)CCOCCOCCN)(COCCOCCCNC(=O)CCOCCOCCN)COCCOCCCNC(=O)CCOCCOCCN. The largest absolute Gasteiger partial charge is 0.379 e. The van der Waals surface area contributed by atoms with E-state index in [0.29, 0.717) is 237 Å². The first kappa shape index (κ1) is 78.1. The number of carbonyl (C=O) groups excluding carboxylic acids is 4. The van der Waals surface area contributed by atoms with E-state index in [9.17, 15) is 19.2 Å². The summed E-state index contributed by atoms with van der Waals surface area (Å²) in [5, 5.41) is 11.5. The Morgan fingerprint density at radius 2 is 0.407 bits per heavy atom. The van der Waals surface area contributed by atoms with Crippen LogP contribution in [0.15, 0.2) is 0 Å². The lowest BCUT2D eigenvalue weighted by atomic mass is 9.92. The molecule has 0 aliphatic rings. The first-order chi connectivity index (χ1) is 39.8. The van der Waals surface area contributed by atoms with Crippen LogP contribution < -0.4 is 44.2 Å². The maximum Gasteiger partial charge on any atom is 0.222 e. The van der Waals surface area contributed by atoms with Gasteiger partial charge in [-0.1, -0.05) is 0 Å². The topological polar surface area (TPSA) is 368 Å². The van der Waals surface area contributed by atoms with E-state index in [0.717, 1.165) is 0 Å². The second kappa shape index (κ2) is 64.6. The minimum absolute atomic E-state index is 0.102. The van der Waals surface area contributed by atoms with Gasteiger partial charge in [-0.05, 0) is 25.7 Å². The second-order valence-corrected chi connectivity index (χ2v) is 18.0. The van der Waals surface area contributed by atoms with Crippen molar-refractivity contribution in [2.24, 2.45) is 28.3 Å². The van der Waals surface area contributed by atoms with Crippen LogP contribution in [0.1, 0.15) is 51.4 Å². The molecule has 0 radical (unpaired) electrons. The summed E-state index contributed by atoms with van der Waals surface area (Å²) in [4.78, 5) is 48.7. The molecule has 0 unspecified atom stereocenters. The monoisotopic (exact) mass is 1180 g/mol. The van der Waals surface area contributed by atoms with Crippen LogP contribution in [0.3, 0.4) is 0 Å². The molecular formula is C53H108N8O20. The highest BCUT2D eigenvalue weighted by atomic mass is 16.6. The van der Waals surface area contributed by atoms with Crippen LogP contribution in [0.4, 0.5) is 0 Å². The first-order valence-corrected chi connectivity index (χ1v) is 28.9. The van der Waals surface area contributed by atoms with Crippen molar-refractivity contribution in [2.75, 3.05) is 264 Å². The Morgan fingerprint density at radius 1 is 0.235 bits per heavy atom. The smallest absolute Gasteiger partial charge is 0.222 e. The van der Waals surface area contributed by atoms with Crippen molar-refractivity contribution in [1.82, 2.24) is 21.3 Å². The van der Waals surface area contributed by atoms with Crippen molar-refractivity contribution in [3.05, 3.63) is 0 Å². The van der Waals surface area contributed by atoms with Crippen LogP contribution >= 0.6 is 0 Å². The molecule has 0 aromatic heterocycles. The zero-order valence-corrected chi connectivity index (χ0v) is 48.9. The Morgan fingerprint density at radius 3 is 0.605 bits per heavy atom. The Kier molecular flexibility index (Phi) is 62.3. The predicted molar refractivity (Wildman–Crippen MR) is 301 cm³/mol. The predicted octanol–water partition coefficient (Wildman–Crippen LogP) is -2.34. The van der Waals surface area contributed by atoms with Gasteiger partial charge in [0.25, 0.3) is 0 Å². The van der Waals surface area contributed by atoms with Crippen LogP contribution in [0.2, 0.25) is 0 Å². The molecule has 0 aliphatic carbocycles. The van der Waals surface area contributed by atoms with Crippen molar-refractivity contribution in [3.63, 3.8) is 0 Å². The van der Waals surface area contributed by atoms with Gasteiger partial charge in [-0.15, -0.1) is 0 Å². The zero-order chi connectivity index (χ0) is 58.9. The third-order valence-electron chi connectivity index (χ3n) is 10.7. The van der Waals surface area contributed by atoms with Crippen molar-refractivity contribution in [3.8, 4) is 0 Å². The van der Waals surface area contributed by atoms with Crippen LogP contribution in [0, 0.1) is 5.41 Å². The fourth-order valence-electron chi connectivity index (χ4n) is 6.53. The highest BCUT2D eigenvalue weighted by molar-refractivity contribution is 5.77. The van der Waals surface area contributed by atoms with Crippen molar-refractivity contribution >= 4 is 23.6 Å². The van der Waals surface area contributed by atoms with E-state index in [1.165, 1.54) is 0 Å². The molecule has 0 bridgehead atoms. The van der Waals surface area contributed by atoms with Crippen molar-refractivity contribution in [1.29, 1.82) is 0 Å². The molecule has 0 spiro atoms. The van der Waals surface area contributed by atoms with Crippen LogP contribution in [0.5, 0.6) is 0 Å². The standard InChI is InChI=1S/C53H108N8O20/c54-9-25-74-33-29-70-21-5-49(62)58-13-1-17-66-37-41-78-45-53(46-79-42-38-67-18-2-14-59-50(63)6-22-71-30-34-75-26-10-55,47-80-43-39-68-19-3-15-60-51(64)7-23-72-31-35-76-27-11-56)48-81-44-40-69-20-4-16-61-52(65)8-24-73-32-36-77-28-12-57/h1-48,54-57H2,(H,58,62)(H,59,63)(H,60,64)(H,61,65). The Labute approximate surface area is 482 Å². The molecule has 0 aromatic rings. The van der Waals surface area contributed by atoms with Crippen molar-refractivity contribution < 1.29 is 95.0 Å². The zero-order valence-electron chi connectivity index (χ0n) is 48.9. The number of hydrogen-bond acceptors (Lipinski definition) is 24. The highest BCUT2D eigenvalue weighted by Crippen LogP contribution is 2.21. The maximum atomic E-state index is 12.2. The van der Waals surface area contributed by atoms with Gasteiger partial charge in [-0.25, -0.2) is 0 Å². The summed E-state index contributed by atoms with van der Waals surface area (Å²) in [5.41, 5.74) is 20.8. The van der Waals surface area contributed by atoms with E-state index in [2.05, 4.69) is 21.3 Å². The Bertz CT molecular complexity index is 1180. The van der Waals surface area contributed by atoms with Gasteiger partial charge in [0.15, 0.2) is 0 Å². The summed E-state index contributed by atoms with van der Waals surface area (Å²) in [6.07, 6.45) is 3.50. The first-order valence-electron chi connectivity index (χ1n) is 28.9. The number of ether oxygens (including phenoxy) is 16. The molecule has 28 nitrogen and oxygen atoms in total. The molecule has 0 aliphatic heterocycles. The van der Waals surface area contributed by atoms with E-state index in [1.54, 1.807) is 0 Å². The van der Waals surface area contributed by atoms with Gasteiger partial charge >= 0.3 is 0 Å². The van der Waals surface area contributed by atoms with Gasteiger partial charge in [0.1, 0.15) is 0 Å². The lowest BCUT2D eigenvalue weighted by Gasteiger charge is -2.33. The third-order valence-corrected chi connectivity index (χ3v) is 10.7. The molecule has 28 heteroatoms. The minimum atomic E-state index is -0.756. The molecule has 0 rings (SSSR count). The van der Waals surface area contributed by atoms with Crippen LogP contribution in [-0.4, -0.2) is 287 Å². The summed E-state index contributed by atoms with van der Waals surface area (Å²) in [5.74, 6) is -0.406. The molecule has 12 N–H and O–H groups in total. The van der Waals surface area contributed by atoms with E-state index >= 15 is 0 Å². The number of nitrogens with one attached hydrogen (secondary N) is 4. The van der Waals surface area contributed by atoms with E-state index in [4.69, 9.17) is 98.7 Å². The van der Waals surface area contributed by atoms with E-state index in [1.807, 2.05) is 0 Å². The molecule has 0 atom stereocenters. The number of carbonyl (C=O) groups is 4. The molecular weight excluding hydrogens is 1070 g/mol. The van der Waals surface area contributed by atoms with Gasteiger partial charge in [0, 0.05) is 104 Å². The van der Waals surface area contributed by atoms with Gasteiger partial charge < -0.3 is 120 Å². The highest BCUT2D eigenvalue weighted by Gasteiger charge is 2.33. The normalized spacial score (nSPS) is 11.6. The summed E-state index contributed by atoms with van der Waals surface area (Å²) in [6.45, 7) is 15.1. The van der Waals surface area contributed by atoms with Crippen LogP contribution in [-0.2, 0) is 95.0 Å². The Balaban J connectivity index is 5.21. The average molecular weight is 1180 g/mol. The number of rotatable bonds is 68. The summed E-state index contributed by atoms with van der Waals surface area (Å²) in [7, 11) is 0. The molecule has 4 amide bonds. The molecule has 0 saturated carbocycles. The molecule has 0 heterocycles. The molecule has 0 fully saturated rings. The average Bonchev–Trinajstić information content (AvgIpc) is 3.46. The van der Waals surface area contributed by atoms with E-state index < -0.39 is 5.41 Å². The van der Waals surface area contributed by atoms with Crippen LogP contribution in [0.25, 0.3) is 0 Å². The van der Waals surface area contributed by atoms with Gasteiger partial charge in [-0.3, -0.25) is 19.2 Å². The van der Waals surface area contributed by atoms with Gasteiger partial charge in [0.05, 0.1) is 190 Å². The maximum absolute atomic E-state index is 12.2. The summed E-state index contributed by atoms with van der Waals surface area (Å²) in [6, 6.07) is 0. The lowest BCUT2D eigenvalue weighted by Crippen LogP contribution is -2.43. The number of nitrogens with two attached hydrogens (primary N) is 4. The van der Waals surface area contributed by atoms with E-state index in [-0.39, 0.29) is 102 Å². The lowest BCUT2D eigenvalue weighted by molar-refractivity contribution is -0.123. The molecule has 81 heavy (non-hydrogen) atoms. The summed E-state index contributed by atoms with van der Waals surface area (Å²) >= 11 is 0. The molecule has 0 aromatic carbocycles. The fourth-order valence-corrected chi connectivity index (χ4v) is 6.53. The Hall–Kier alpha value is -2.92. The number of hydrogen-bond donors (Lipinski definition) is 8.